The molecule has 0 saturated carbocycles. The molecule has 0 N–H and O–H groups in total. The van der Waals surface area contributed by atoms with Crippen LogP contribution in [0.15, 0.2) is 48.1 Å². The Morgan fingerprint density at radius 2 is 2.19 bits per heavy atom. The molecule has 0 bridgehead atoms. The zero-order chi connectivity index (χ0) is 19.5. The van der Waals surface area contributed by atoms with Crippen molar-refractivity contribution in [1.82, 2.24) is 0 Å². The van der Waals surface area contributed by atoms with Crippen LogP contribution in [0.1, 0.15) is 31.4 Å². The van der Waals surface area contributed by atoms with Gasteiger partial charge in [-0.1, -0.05) is 36.4 Å². The zero-order valence-corrected chi connectivity index (χ0v) is 15.5. The fourth-order valence-electron chi connectivity index (χ4n) is 2.80. The van der Waals surface area contributed by atoms with Gasteiger partial charge in [-0.25, -0.2) is 9.59 Å². The summed E-state index contributed by atoms with van der Waals surface area (Å²) in [6, 6.07) is 6.78. The Morgan fingerprint density at radius 3 is 2.73 bits per heavy atom. The Morgan fingerprint density at radius 1 is 1.50 bits per heavy atom. The number of ether oxygens (including phenoxy) is 2. The summed E-state index contributed by atoms with van der Waals surface area (Å²) in [5.74, 6) is -1.29. The first kappa shape index (κ1) is 19.5. The van der Waals surface area contributed by atoms with Crippen molar-refractivity contribution in [1.29, 1.82) is 5.26 Å². The third-order valence-electron chi connectivity index (χ3n) is 4.10. The van der Waals surface area contributed by atoms with Gasteiger partial charge in [-0.3, -0.25) is 0 Å². The molecule has 0 spiro atoms. The SMILES string of the molecule is C=C(C1=C(/C=C\C)CC(C)(C(=O)OC)OC1=O)c1ccc(C#N)c(Cl)c1. The lowest BCUT2D eigenvalue weighted by Crippen LogP contribution is -2.45. The fraction of sp³-hybridized carbons (Fsp3) is 0.250. The minimum atomic E-state index is -1.40. The number of methoxy groups -OCH3 is 1. The molecule has 1 aromatic carbocycles. The first-order valence-electron chi connectivity index (χ1n) is 7.84. The van der Waals surface area contributed by atoms with E-state index >= 15 is 0 Å². The Labute approximate surface area is 157 Å². The summed E-state index contributed by atoms with van der Waals surface area (Å²) in [7, 11) is 1.24. The van der Waals surface area contributed by atoms with E-state index in [1.807, 2.05) is 6.07 Å². The topological polar surface area (TPSA) is 76.4 Å². The van der Waals surface area contributed by atoms with Gasteiger partial charge in [0, 0.05) is 6.42 Å². The average Bonchev–Trinajstić information content (AvgIpc) is 2.60. The molecule has 0 aliphatic carbocycles. The molecule has 0 saturated heterocycles. The summed E-state index contributed by atoms with van der Waals surface area (Å²) >= 11 is 6.08. The molecule has 0 aromatic heterocycles. The number of benzene rings is 1. The van der Waals surface area contributed by atoms with E-state index in [1.165, 1.54) is 14.0 Å². The van der Waals surface area contributed by atoms with E-state index in [2.05, 4.69) is 6.58 Å². The summed E-state index contributed by atoms with van der Waals surface area (Å²) in [4.78, 5) is 24.7. The van der Waals surface area contributed by atoms with Crippen LogP contribution in [0, 0.1) is 11.3 Å². The highest BCUT2D eigenvalue weighted by atomic mass is 35.5. The second kappa shape index (κ2) is 7.59. The van der Waals surface area contributed by atoms with Gasteiger partial charge in [0.1, 0.15) is 6.07 Å². The largest absolute Gasteiger partial charge is 0.466 e. The van der Waals surface area contributed by atoms with Gasteiger partial charge in [0.2, 0.25) is 5.60 Å². The van der Waals surface area contributed by atoms with Gasteiger partial charge in [0.25, 0.3) is 0 Å². The van der Waals surface area contributed by atoms with Crippen LogP contribution in [-0.2, 0) is 19.1 Å². The zero-order valence-electron chi connectivity index (χ0n) is 14.8. The summed E-state index contributed by atoms with van der Waals surface area (Å²) < 4.78 is 10.1. The van der Waals surface area contributed by atoms with E-state index in [9.17, 15) is 9.59 Å². The van der Waals surface area contributed by atoms with Crippen molar-refractivity contribution in [2.45, 2.75) is 25.9 Å². The highest BCUT2D eigenvalue weighted by molar-refractivity contribution is 6.32. The summed E-state index contributed by atoms with van der Waals surface area (Å²) in [5.41, 5.74) is 0.807. The van der Waals surface area contributed by atoms with Crippen molar-refractivity contribution >= 4 is 29.1 Å². The molecule has 1 aliphatic heterocycles. The minimum Gasteiger partial charge on any atom is -0.466 e. The molecular formula is C20H18ClNO4. The normalized spacial score (nSPS) is 19.9. The van der Waals surface area contributed by atoms with E-state index in [1.54, 1.807) is 37.3 Å². The molecule has 1 heterocycles. The van der Waals surface area contributed by atoms with Crippen LogP contribution in [0.4, 0.5) is 0 Å². The first-order valence-corrected chi connectivity index (χ1v) is 8.22. The molecular weight excluding hydrogens is 354 g/mol. The van der Waals surface area contributed by atoms with Crippen LogP contribution < -0.4 is 0 Å². The Kier molecular flexibility index (Phi) is 5.69. The molecule has 6 heteroatoms. The standard InChI is InChI=1S/C20H18ClNO4/c1-5-6-14-10-20(3,19(24)25-4)26-18(23)17(14)12(2)13-7-8-15(11-22)16(21)9-13/h5-9H,2,10H2,1,3-4H3/b6-5-. The third kappa shape index (κ3) is 3.56. The highest BCUT2D eigenvalue weighted by Crippen LogP contribution is 2.38. The van der Waals surface area contributed by atoms with E-state index < -0.39 is 17.5 Å². The van der Waals surface area contributed by atoms with Crippen LogP contribution >= 0.6 is 11.6 Å². The van der Waals surface area contributed by atoms with Gasteiger partial charge in [-0.15, -0.1) is 0 Å². The van der Waals surface area contributed by atoms with Gasteiger partial charge >= 0.3 is 11.9 Å². The number of esters is 2. The number of nitriles is 1. The third-order valence-corrected chi connectivity index (χ3v) is 4.41. The van der Waals surface area contributed by atoms with Crippen LogP contribution in [0.2, 0.25) is 5.02 Å². The lowest BCUT2D eigenvalue weighted by Gasteiger charge is -2.33. The molecule has 0 radical (unpaired) electrons. The number of rotatable bonds is 4. The number of carbonyl (C=O) groups is 2. The van der Waals surface area contributed by atoms with Gasteiger partial charge in [-0.2, -0.15) is 5.26 Å². The maximum absolute atomic E-state index is 12.7. The molecule has 134 valence electrons. The van der Waals surface area contributed by atoms with Crippen molar-refractivity contribution in [3.8, 4) is 6.07 Å². The van der Waals surface area contributed by atoms with Crippen molar-refractivity contribution < 1.29 is 19.1 Å². The highest BCUT2D eigenvalue weighted by Gasteiger charge is 2.44. The lowest BCUT2D eigenvalue weighted by molar-refractivity contribution is -0.177. The molecule has 1 aromatic rings. The van der Waals surface area contributed by atoms with E-state index in [0.29, 0.717) is 22.3 Å². The summed E-state index contributed by atoms with van der Waals surface area (Å²) in [5, 5.41) is 9.26. The minimum absolute atomic E-state index is 0.161. The number of hydrogen-bond donors (Lipinski definition) is 0. The second-order valence-corrected chi connectivity index (χ2v) is 6.38. The van der Waals surface area contributed by atoms with Crippen molar-refractivity contribution in [3.05, 3.63) is 64.2 Å². The van der Waals surface area contributed by atoms with Crippen LogP contribution in [0.25, 0.3) is 5.57 Å². The first-order chi connectivity index (χ1) is 12.3. The smallest absolute Gasteiger partial charge is 0.350 e. The average molecular weight is 372 g/mol. The second-order valence-electron chi connectivity index (χ2n) is 5.97. The van der Waals surface area contributed by atoms with Gasteiger partial charge in [0.15, 0.2) is 0 Å². The molecule has 1 aliphatic rings. The van der Waals surface area contributed by atoms with Gasteiger partial charge in [0.05, 0.1) is 23.3 Å². The molecule has 26 heavy (non-hydrogen) atoms. The molecule has 2 rings (SSSR count). The number of allylic oxidation sites excluding steroid dienone is 2. The fourth-order valence-corrected chi connectivity index (χ4v) is 3.03. The summed E-state index contributed by atoms with van der Waals surface area (Å²) in [6.07, 6.45) is 3.67. The van der Waals surface area contributed by atoms with E-state index in [-0.39, 0.29) is 17.0 Å². The predicted molar refractivity (Wildman–Crippen MR) is 98.2 cm³/mol. The van der Waals surface area contributed by atoms with Gasteiger partial charge in [-0.05, 0) is 42.7 Å². The molecule has 0 amide bonds. The van der Waals surface area contributed by atoms with Gasteiger partial charge < -0.3 is 9.47 Å². The molecule has 1 unspecified atom stereocenters. The van der Waals surface area contributed by atoms with Crippen molar-refractivity contribution in [3.63, 3.8) is 0 Å². The Hall–Kier alpha value is -2.84. The molecule has 5 nitrogen and oxygen atoms in total. The van der Waals surface area contributed by atoms with E-state index in [4.69, 9.17) is 26.3 Å². The lowest BCUT2D eigenvalue weighted by atomic mass is 9.85. The maximum Gasteiger partial charge on any atom is 0.350 e. The van der Waals surface area contributed by atoms with Crippen LogP contribution in [0.3, 0.4) is 0 Å². The monoisotopic (exact) mass is 371 g/mol. The predicted octanol–water partition coefficient (Wildman–Crippen LogP) is 3.98. The van der Waals surface area contributed by atoms with Crippen LogP contribution in [0.5, 0.6) is 0 Å². The molecule has 0 fully saturated rings. The number of cyclic esters (lactones) is 1. The maximum atomic E-state index is 12.7. The number of carbonyl (C=O) groups excluding carboxylic acids is 2. The summed E-state index contributed by atoms with van der Waals surface area (Å²) in [6.45, 7) is 7.31. The Bertz CT molecular complexity index is 892. The van der Waals surface area contributed by atoms with Crippen LogP contribution in [-0.4, -0.2) is 24.6 Å². The Balaban J connectivity index is 2.54. The number of hydrogen-bond acceptors (Lipinski definition) is 5. The van der Waals surface area contributed by atoms with Crippen molar-refractivity contribution in [2.75, 3.05) is 7.11 Å². The van der Waals surface area contributed by atoms with Crippen molar-refractivity contribution in [2.24, 2.45) is 0 Å². The number of nitrogens with zero attached hydrogens (tertiary/aromatic N) is 1. The van der Waals surface area contributed by atoms with E-state index in [0.717, 1.165) is 0 Å². The quantitative estimate of drug-likeness (QED) is 0.748. The number of halogens is 1. The molecule has 1 atom stereocenters.